The Balaban J connectivity index is 1.36. The zero-order valence-corrected chi connectivity index (χ0v) is 20.6. The summed E-state index contributed by atoms with van der Waals surface area (Å²) in [7, 11) is 0. The van der Waals surface area contributed by atoms with Gasteiger partial charge >= 0.3 is 0 Å². The topological polar surface area (TPSA) is 55.4 Å². The van der Waals surface area contributed by atoms with Gasteiger partial charge in [-0.05, 0) is 48.2 Å². The number of H-pyrrole nitrogens is 1. The predicted octanol–water partition coefficient (Wildman–Crippen LogP) is 5.64. The SMILES string of the molecule is CCC(O)CCCN1CCN(Cc2ccccc2)C(c2ncc(-c3ccc4ccccc4c3)[nH]2)C1. The number of nitrogens with one attached hydrogen (secondary N) is 1. The summed E-state index contributed by atoms with van der Waals surface area (Å²) in [6.07, 6.45) is 4.53. The average molecular weight is 469 g/mol. The second-order valence-corrected chi connectivity index (χ2v) is 9.72. The van der Waals surface area contributed by atoms with Crippen molar-refractivity contribution in [2.24, 2.45) is 0 Å². The molecule has 182 valence electrons. The standard InChI is InChI=1S/C30H36N4O/c1-2-27(35)13-8-16-33-17-18-34(21-23-9-4-3-5-10-23)29(22-33)30-31-20-28(32-30)26-15-14-24-11-6-7-12-25(24)19-26/h3-7,9-12,14-15,19-20,27,29,35H,2,8,13,16-18,21-22H2,1H3,(H,31,32). The van der Waals surface area contributed by atoms with Crippen LogP contribution in [0.1, 0.15) is 43.6 Å². The van der Waals surface area contributed by atoms with Gasteiger partial charge in [0.25, 0.3) is 0 Å². The molecule has 3 aromatic carbocycles. The first-order chi connectivity index (χ1) is 17.2. The van der Waals surface area contributed by atoms with E-state index in [-0.39, 0.29) is 12.1 Å². The third kappa shape index (κ3) is 5.81. The Morgan fingerprint density at radius 3 is 2.63 bits per heavy atom. The highest BCUT2D eigenvalue weighted by atomic mass is 16.3. The van der Waals surface area contributed by atoms with Gasteiger partial charge in [-0.1, -0.05) is 73.7 Å². The van der Waals surface area contributed by atoms with Gasteiger partial charge in [-0.25, -0.2) is 4.98 Å². The predicted molar refractivity (Wildman–Crippen MR) is 143 cm³/mol. The molecule has 0 saturated carbocycles. The number of aliphatic hydroxyl groups is 1. The second-order valence-electron chi connectivity index (χ2n) is 9.72. The van der Waals surface area contributed by atoms with Crippen LogP contribution in [0.5, 0.6) is 0 Å². The van der Waals surface area contributed by atoms with Crippen molar-refractivity contribution in [1.82, 2.24) is 19.8 Å². The lowest BCUT2D eigenvalue weighted by Crippen LogP contribution is -2.48. The highest BCUT2D eigenvalue weighted by Gasteiger charge is 2.30. The Morgan fingerprint density at radius 2 is 1.80 bits per heavy atom. The Bertz CT molecular complexity index is 1220. The van der Waals surface area contributed by atoms with E-state index in [4.69, 9.17) is 4.98 Å². The lowest BCUT2D eigenvalue weighted by molar-refractivity contribution is 0.0596. The maximum absolute atomic E-state index is 9.96. The molecule has 1 aliphatic heterocycles. The Labute approximate surface area is 208 Å². The average Bonchev–Trinajstić information content (AvgIpc) is 3.40. The number of piperazine rings is 1. The molecule has 0 bridgehead atoms. The summed E-state index contributed by atoms with van der Waals surface area (Å²) in [6, 6.07) is 26.0. The minimum atomic E-state index is -0.181. The quantitative estimate of drug-likeness (QED) is 0.334. The van der Waals surface area contributed by atoms with E-state index in [1.54, 1.807) is 0 Å². The Kier molecular flexibility index (Phi) is 7.57. The van der Waals surface area contributed by atoms with Gasteiger partial charge in [-0.15, -0.1) is 0 Å². The van der Waals surface area contributed by atoms with E-state index < -0.39 is 0 Å². The number of aliphatic hydroxyl groups excluding tert-OH is 1. The highest BCUT2D eigenvalue weighted by molar-refractivity contribution is 5.86. The van der Waals surface area contributed by atoms with Gasteiger partial charge in [0.2, 0.25) is 0 Å². The zero-order valence-electron chi connectivity index (χ0n) is 20.6. The van der Waals surface area contributed by atoms with Gasteiger partial charge in [0, 0.05) is 31.7 Å². The number of nitrogens with zero attached hydrogens (tertiary/aromatic N) is 3. The molecule has 5 heteroatoms. The first-order valence-electron chi connectivity index (χ1n) is 12.9. The van der Waals surface area contributed by atoms with Gasteiger partial charge in [-0.3, -0.25) is 4.90 Å². The lowest BCUT2D eigenvalue weighted by Gasteiger charge is -2.40. The number of fused-ring (bicyclic) bond motifs is 1. The fourth-order valence-electron chi connectivity index (χ4n) is 5.11. The van der Waals surface area contributed by atoms with Crippen LogP contribution < -0.4 is 0 Å². The number of aromatic amines is 1. The van der Waals surface area contributed by atoms with E-state index >= 15 is 0 Å². The van der Waals surface area contributed by atoms with Gasteiger partial charge in [0.05, 0.1) is 24.0 Å². The normalized spacial score (nSPS) is 18.2. The second kappa shape index (κ2) is 11.2. The number of benzene rings is 3. The third-order valence-corrected chi connectivity index (χ3v) is 7.26. The molecule has 2 unspecified atom stereocenters. The van der Waals surface area contributed by atoms with Crippen molar-refractivity contribution in [3.05, 3.63) is 90.4 Å². The monoisotopic (exact) mass is 468 g/mol. The minimum absolute atomic E-state index is 0.181. The van der Waals surface area contributed by atoms with E-state index in [0.29, 0.717) is 0 Å². The van der Waals surface area contributed by atoms with E-state index in [9.17, 15) is 5.11 Å². The van der Waals surface area contributed by atoms with Crippen LogP contribution in [0.3, 0.4) is 0 Å². The first-order valence-corrected chi connectivity index (χ1v) is 12.9. The molecule has 1 fully saturated rings. The maximum atomic E-state index is 9.96. The van der Waals surface area contributed by atoms with Crippen molar-refractivity contribution in [2.45, 2.75) is 44.9 Å². The van der Waals surface area contributed by atoms with Gasteiger partial charge in [-0.2, -0.15) is 0 Å². The molecule has 0 radical (unpaired) electrons. The maximum Gasteiger partial charge on any atom is 0.125 e. The van der Waals surface area contributed by atoms with Gasteiger partial charge < -0.3 is 15.0 Å². The summed E-state index contributed by atoms with van der Waals surface area (Å²) in [5.41, 5.74) is 3.56. The van der Waals surface area contributed by atoms with Crippen LogP contribution in [-0.4, -0.2) is 57.2 Å². The van der Waals surface area contributed by atoms with Gasteiger partial charge in [0.1, 0.15) is 5.82 Å². The molecule has 0 aliphatic carbocycles. The van der Waals surface area contributed by atoms with Crippen LogP contribution in [0.15, 0.2) is 79.0 Å². The lowest BCUT2D eigenvalue weighted by atomic mass is 10.1. The number of hydrogen-bond acceptors (Lipinski definition) is 4. The smallest absolute Gasteiger partial charge is 0.125 e. The van der Waals surface area contributed by atoms with Crippen molar-refractivity contribution >= 4 is 10.8 Å². The van der Waals surface area contributed by atoms with Crippen molar-refractivity contribution in [2.75, 3.05) is 26.2 Å². The van der Waals surface area contributed by atoms with E-state index in [1.807, 2.05) is 13.1 Å². The minimum Gasteiger partial charge on any atom is -0.393 e. The molecule has 0 spiro atoms. The molecule has 2 N–H and O–H groups in total. The van der Waals surface area contributed by atoms with Crippen molar-refractivity contribution in [3.8, 4) is 11.3 Å². The Hall–Kier alpha value is -2.99. The molecule has 0 amide bonds. The van der Waals surface area contributed by atoms with Crippen molar-refractivity contribution in [3.63, 3.8) is 0 Å². The molecule has 2 heterocycles. The summed E-state index contributed by atoms with van der Waals surface area (Å²) in [5, 5.41) is 12.5. The van der Waals surface area contributed by atoms with Crippen LogP contribution in [0, 0.1) is 0 Å². The van der Waals surface area contributed by atoms with E-state index in [0.717, 1.165) is 63.5 Å². The molecular formula is C30H36N4O. The number of rotatable bonds is 9. The third-order valence-electron chi connectivity index (χ3n) is 7.26. The van der Waals surface area contributed by atoms with Gasteiger partial charge in [0.15, 0.2) is 0 Å². The molecule has 1 aliphatic rings. The fourth-order valence-corrected chi connectivity index (χ4v) is 5.11. The van der Waals surface area contributed by atoms with Crippen molar-refractivity contribution < 1.29 is 5.11 Å². The molecule has 5 rings (SSSR count). The summed E-state index contributed by atoms with van der Waals surface area (Å²) in [6.45, 7) is 6.98. The summed E-state index contributed by atoms with van der Waals surface area (Å²) in [5.74, 6) is 1.03. The highest BCUT2D eigenvalue weighted by Crippen LogP contribution is 2.29. The number of hydrogen-bond donors (Lipinski definition) is 2. The van der Waals surface area contributed by atoms with Crippen LogP contribution in [-0.2, 0) is 6.54 Å². The van der Waals surface area contributed by atoms with Crippen LogP contribution in [0.4, 0.5) is 0 Å². The molecular weight excluding hydrogens is 432 g/mol. The summed E-state index contributed by atoms with van der Waals surface area (Å²) in [4.78, 5) is 13.6. The fraction of sp³-hybridized carbons (Fsp3) is 0.367. The molecule has 4 aromatic rings. The summed E-state index contributed by atoms with van der Waals surface area (Å²) >= 11 is 0. The molecule has 2 atom stereocenters. The van der Waals surface area contributed by atoms with Crippen LogP contribution >= 0.6 is 0 Å². The largest absolute Gasteiger partial charge is 0.393 e. The van der Waals surface area contributed by atoms with Crippen molar-refractivity contribution in [1.29, 1.82) is 0 Å². The number of aromatic nitrogens is 2. The van der Waals surface area contributed by atoms with Crippen LogP contribution in [0.25, 0.3) is 22.0 Å². The van der Waals surface area contributed by atoms with Crippen LogP contribution in [0.2, 0.25) is 0 Å². The molecule has 1 saturated heterocycles. The molecule has 5 nitrogen and oxygen atoms in total. The Morgan fingerprint density at radius 1 is 1.00 bits per heavy atom. The van der Waals surface area contributed by atoms with E-state index in [2.05, 4.69) is 87.6 Å². The zero-order chi connectivity index (χ0) is 24.0. The first kappa shape index (κ1) is 23.7. The molecule has 1 aromatic heterocycles. The number of imidazole rings is 1. The van der Waals surface area contributed by atoms with E-state index in [1.165, 1.54) is 21.9 Å². The summed E-state index contributed by atoms with van der Waals surface area (Å²) < 4.78 is 0. The molecule has 35 heavy (non-hydrogen) atoms.